The number of carbonyl (C=O) groups excluding carboxylic acids is 1. The molecule has 0 aromatic heterocycles. The van der Waals surface area contributed by atoms with Gasteiger partial charge in [0.05, 0.1) is 6.54 Å². The zero-order valence-electron chi connectivity index (χ0n) is 6.90. The van der Waals surface area contributed by atoms with Crippen molar-refractivity contribution in [2.75, 3.05) is 13.2 Å². The molecule has 6 heteroatoms. The Morgan fingerprint density at radius 2 is 2.31 bits per heavy atom. The molecule has 0 amide bonds. The normalized spacial score (nSPS) is 10.5. The summed E-state index contributed by atoms with van der Waals surface area (Å²) in [6.07, 6.45) is 3.07. The molecule has 0 atom stereocenters. The van der Waals surface area contributed by atoms with Crippen molar-refractivity contribution in [1.29, 1.82) is 5.41 Å². The van der Waals surface area contributed by atoms with E-state index in [1.54, 1.807) is 0 Å². The van der Waals surface area contributed by atoms with Crippen molar-refractivity contribution < 1.29 is 19.4 Å². The van der Waals surface area contributed by atoms with Gasteiger partial charge in [-0.15, -0.1) is 0 Å². The number of carbonyl (C=O) groups is 1. The summed E-state index contributed by atoms with van der Waals surface area (Å²) in [6.45, 7) is 4.59. The van der Waals surface area contributed by atoms with Crippen molar-refractivity contribution in [3.05, 3.63) is 12.7 Å². The van der Waals surface area contributed by atoms with Crippen molar-refractivity contribution in [2.45, 2.75) is 0 Å². The molecule has 0 aromatic rings. The first-order chi connectivity index (χ1) is 6.18. The Balaban J connectivity index is 0. The number of nitrogens with one attached hydrogen (secondary N) is 1. The third-order valence-corrected chi connectivity index (χ3v) is 0.662. The largest absolute Gasteiger partial charge is 0.482 e. The monoisotopic (exact) mass is 186 g/mol. The van der Waals surface area contributed by atoms with Gasteiger partial charge in [-0.3, -0.25) is 4.99 Å². The molecule has 1 aliphatic rings. The van der Waals surface area contributed by atoms with E-state index in [-0.39, 0.29) is 0 Å². The maximum absolute atomic E-state index is 9.25. The Kier molecular flexibility index (Phi) is 13.3. The van der Waals surface area contributed by atoms with Gasteiger partial charge in [0.15, 0.2) is 6.40 Å². The van der Waals surface area contributed by atoms with Crippen LogP contribution in [-0.4, -0.2) is 36.7 Å². The van der Waals surface area contributed by atoms with Crippen LogP contribution in [0.4, 0.5) is 0 Å². The van der Waals surface area contributed by atoms with Gasteiger partial charge in [0.2, 0.25) is 6.08 Å². The number of isocyanates is 1. The summed E-state index contributed by atoms with van der Waals surface area (Å²) < 4.78 is 4.65. The predicted octanol–water partition coefficient (Wildman–Crippen LogP) is 0.203. The SMILES string of the molecule is C1=NCCO1.C=CC(=O)O.N=C=O. The first-order valence-corrected chi connectivity index (χ1v) is 3.18. The molecule has 0 saturated carbocycles. The second-order valence-corrected chi connectivity index (χ2v) is 1.53. The lowest BCUT2D eigenvalue weighted by Crippen LogP contribution is -1.82. The van der Waals surface area contributed by atoms with E-state index < -0.39 is 5.97 Å². The number of aliphatic imine (C=N–C) groups is 1. The van der Waals surface area contributed by atoms with E-state index in [0.717, 1.165) is 25.3 Å². The van der Waals surface area contributed by atoms with E-state index in [4.69, 9.17) is 15.3 Å². The standard InChI is InChI=1S/C3H5NO.C3H4O2.CHNO/c1-2-5-3-4-1;1-2-3(4)5;2-1-3/h3H,1-2H2;2H,1H2,(H,4,5);2H. The Labute approximate surface area is 75.1 Å². The minimum Gasteiger partial charge on any atom is -0.482 e. The van der Waals surface area contributed by atoms with Gasteiger partial charge in [-0.05, 0) is 0 Å². The lowest BCUT2D eigenvalue weighted by atomic mass is 10.7. The molecule has 72 valence electrons. The fraction of sp³-hybridized carbons (Fsp3) is 0.286. The summed E-state index contributed by atoms with van der Waals surface area (Å²) >= 11 is 0. The van der Waals surface area contributed by atoms with E-state index in [2.05, 4.69) is 16.3 Å². The lowest BCUT2D eigenvalue weighted by molar-refractivity contribution is -0.131. The molecule has 0 unspecified atom stereocenters. The second kappa shape index (κ2) is 12.7. The molecule has 0 spiro atoms. The molecule has 1 aliphatic heterocycles. The second-order valence-electron chi connectivity index (χ2n) is 1.53. The molecule has 0 aromatic carbocycles. The molecule has 0 radical (unpaired) electrons. The Hall–Kier alpha value is -1.94. The van der Waals surface area contributed by atoms with Crippen molar-refractivity contribution in [3.8, 4) is 0 Å². The van der Waals surface area contributed by atoms with E-state index in [1.807, 2.05) is 0 Å². The highest BCUT2D eigenvalue weighted by molar-refractivity contribution is 5.78. The minimum atomic E-state index is -0.981. The summed E-state index contributed by atoms with van der Waals surface area (Å²) in [5.41, 5.74) is 0. The zero-order chi connectivity index (χ0) is 10.5. The molecular weight excluding hydrogens is 176 g/mol. The molecule has 2 N–H and O–H groups in total. The average Bonchev–Trinajstić information content (AvgIpc) is 2.62. The van der Waals surface area contributed by atoms with Gasteiger partial charge in [0.1, 0.15) is 6.61 Å². The number of nitrogens with zero attached hydrogens (tertiary/aromatic N) is 1. The van der Waals surface area contributed by atoms with Crippen LogP contribution < -0.4 is 0 Å². The summed E-state index contributed by atoms with van der Waals surface area (Å²) in [5.74, 6) is -0.981. The van der Waals surface area contributed by atoms with E-state index in [1.165, 1.54) is 6.40 Å². The number of carboxylic acids is 1. The van der Waals surface area contributed by atoms with E-state index in [9.17, 15) is 4.79 Å². The molecule has 0 saturated heterocycles. The van der Waals surface area contributed by atoms with Crippen LogP contribution in [0, 0.1) is 5.41 Å². The summed E-state index contributed by atoms with van der Waals surface area (Å²) in [5, 5.41) is 13.0. The maximum Gasteiger partial charge on any atom is 0.327 e. The smallest absolute Gasteiger partial charge is 0.327 e. The maximum atomic E-state index is 9.25. The van der Waals surface area contributed by atoms with Crippen LogP contribution >= 0.6 is 0 Å². The van der Waals surface area contributed by atoms with Crippen molar-refractivity contribution in [1.82, 2.24) is 0 Å². The van der Waals surface area contributed by atoms with Crippen LogP contribution in [0.5, 0.6) is 0 Å². The minimum absolute atomic E-state index is 0.750. The highest BCUT2D eigenvalue weighted by Crippen LogP contribution is 1.78. The molecule has 0 aliphatic carbocycles. The van der Waals surface area contributed by atoms with Gasteiger partial charge >= 0.3 is 5.97 Å². The van der Waals surface area contributed by atoms with Crippen LogP contribution in [0.3, 0.4) is 0 Å². The van der Waals surface area contributed by atoms with Crippen LogP contribution in [0.1, 0.15) is 0 Å². The topological polar surface area (TPSA) is 99.8 Å². The predicted molar refractivity (Wildman–Crippen MR) is 45.6 cm³/mol. The summed E-state index contributed by atoms with van der Waals surface area (Å²) in [7, 11) is 0. The highest BCUT2D eigenvalue weighted by atomic mass is 16.5. The van der Waals surface area contributed by atoms with Crippen molar-refractivity contribution >= 4 is 18.4 Å². The summed E-state index contributed by atoms with van der Waals surface area (Å²) in [6, 6.07) is 0. The number of hydrogen-bond acceptors (Lipinski definition) is 5. The summed E-state index contributed by atoms with van der Waals surface area (Å²) in [4.78, 5) is 21.3. The van der Waals surface area contributed by atoms with Gasteiger partial charge in [-0.25, -0.2) is 15.0 Å². The number of carboxylic acid groups (broad SMARTS) is 1. The number of ether oxygens (including phenoxy) is 1. The molecule has 1 heterocycles. The quantitative estimate of drug-likeness (QED) is 0.347. The molecule has 1 rings (SSSR count). The fourth-order valence-corrected chi connectivity index (χ4v) is 0.264. The molecular formula is C7H10N2O4. The van der Waals surface area contributed by atoms with Crippen LogP contribution in [0.15, 0.2) is 17.6 Å². The molecule has 0 bridgehead atoms. The van der Waals surface area contributed by atoms with Gasteiger partial charge in [0, 0.05) is 6.08 Å². The van der Waals surface area contributed by atoms with Gasteiger partial charge in [-0.1, -0.05) is 6.58 Å². The zero-order valence-corrected chi connectivity index (χ0v) is 6.90. The van der Waals surface area contributed by atoms with Crippen LogP contribution in [0.2, 0.25) is 0 Å². The highest BCUT2D eigenvalue weighted by Gasteiger charge is 1.84. The first-order valence-electron chi connectivity index (χ1n) is 3.18. The number of hydrogen-bond donors (Lipinski definition) is 2. The Bertz CT molecular complexity index is 201. The van der Waals surface area contributed by atoms with Gasteiger partial charge in [0.25, 0.3) is 0 Å². The molecule has 6 nitrogen and oxygen atoms in total. The van der Waals surface area contributed by atoms with Crippen LogP contribution in [0.25, 0.3) is 0 Å². The number of rotatable bonds is 1. The number of aliphatic carboxylic acids is 1. The third-order valence-electron chi connectivity index (χ3n) is 0.662. The Morgan fingerprint density at radius 1 is 1.85 bits per heavy atom. The molecule has 0 fully saturated rings. The van der Waals surface area contributed by atoms with Crippen LogP contribution in [-0.2, 0) is 14.3 Å². The lowest BCUT2D eigenvalue weighted by Gasteiger charge is -1.76. The average molecular weight is 186 g/mol. The van der Waals surface area contributed by atoms with Crippen molar-refractivity contribution in [3.63, 3.8) is 0 Å². The fourth-order valence-electron chi connectivity index (χ4n) is 0.264. The van der Waals surface area contributed by atoms with Gasteiger partial charge < -0.3 is 9.84 Å². The third kappa shape index (κ3) is 25.5. The first kappa shape index (κ1) is 13.6. The van der Waals surface area contributed by atoms with E-state index in [0.29, 0.717) is 0 Å². The molecule has 13 heavy (non-hydrogen) atoms. The Morgan fingerprint density at radius 3 is 2.38 bits per heavy atom. The van der Waals surface area contributed by atoms with Gasteiger partial charge in [-0.2, -0.15) is 0 Å². The van der Waals surface area contributed by atoms with E-state index >= 15 is 0 Å². The van der Waals surface area contributed by atoms with Crippen molar-refractivity contribution in [2.24, 2.45) is 4.99 Å².